The van der Waals surface area contributed by atoms with Crippen molar-refractivity contribution in [2.24, 2.45) is 0 Å². The van der Waals surface area contributed by atoms with Crippen LogP contribution in [0.1, 0.15) is 12.8 Å². The fourth-order valence-corrected chi connectivity index (χ4v) is 4.45. The van der Waals surface area contributed by atoms with Gasteiger partial charge in [-0.05, 0) is 40.9 Å². The zero-order chi connectivity index (χ0) is 15.2. The van der Waals surface area contributed by atoms with Crippen molar-refractivity contribution in [3.05, 3.63) is 22.4 Å². The van der Waals surface area contributed by atoms with Gasteiger partial charge < -0.3 is 5.73 Å². The van der Waals surface area contributed by atoms with Crippen LogP contribution in [0.15, 0.2) is 21.5 Å². The molecule has 5 nitrogen and oxygen atoms in total. The molecule has 3 rings (SSSR count). The fraction of sp³-hybridized carbons (Fsp3) is 0.538. The second-order valence-corrected chi connectivity index (χ2v) is 8.24. The summed E-state index contributed by atoms with van der Waals surface area (Å²) in [5.74, 6) is -0.777. The molecular weight excluding hydrogens is 361 g/mol. The molecule has 0 atom stereocenters. The molecule has 0 aromatic heterocycles. The standard InChI is InChI=1S/C13H17BrFN3O2S/c14-10-7-11(15)13(8-12(10)16)21(19,20)18-5-3-17(4-6-18)9-1-2-9/h7-9H,1-6,16H2. The van der Waals surface area contributed by atoms with Gasteiger partial charge in [0.15, 0.2) is 0 Å². The van der Waals surface area contributed by atoms with E-state index < -0.39 is 15.8 Å². The first-order valence-electron chi connectivity index (χ1n) is 6.88. The lowest BCUT2D eigenvalue weighted by Crippen LogP contribution is -2.49. The molecule has 1 aromatic carbocycles. The van der Waals surface area contributed by atoms with E-state index in [2.05, 4.69) is 20.8 Å². The van der Waals surface area contributed by atoms with Crippen molar-refractivity contribution in [3.63, 3.8) is 0 Å². The maximum atomic E-state index is 14.0. The Labute approximate surface area is 132 Å². The van der Waals surface area contributed by atoms with Crippen LogP contribution in [0.25, 0.3) is 0 Å². The molecule has 2 aliphatic rings. The number of hydrogen-bond donors (Lipinski definition) is 1. The average Bonchev–Trinajstić information content (AvgIpc) is 3.27. The number of anilines is 1. The number of rotatable bonds is 3. The van der Waals surface area contributed by atoms with Gasteiger partial charge in [0.25, 0.3) is 0 Å². The molecule has 1 saturated heterocycles. The van der Waals surface area contributed by atoms with Gasteiger partial charge in [-0.25, -0.2) is 12.8 Å². The molecule has 1 saturated carbocycles. The molecule has 8 heteroatoms. The molecule has 0 amide bonds. The smallest absolute Gasteiger partial charge is 0.246 e. The SMILES string of the molecule is Nc1cc(S(=O)(=O)N2CCN(C3CC3)CC2)c(F)cc1Br. The van der Waals surface area contributed by atoms with E-state index in [4.69, 9.17) is 5.73 Å². The second-order valence-electron chi connectivity index (χ2n) is 5.48. The van der Waals surface area contributed by atoms with E-state index in [1.807, 2.05) is 0 Å². The summed E-state index contributed by atoms with van der Waals surface area (Å²) in [6.07, 6.45) is 2.40. The lowest BCUT2D eigenvalue weighted by Gasteiger charge is -2.34. The number of benzene rings is 1. The third-order valence-electron chi connectivity index (χ3n) is 4.01. The van der Waals surface area contributed by atoms with Crippen molar-refractivity contribution < 1.29 is 12.8 Å². The molecule has 1 aromatic rings. The Morgan fingerprint density at radius 1 is 1.19 bits per heavy atom. The van der Waals surface area contributed by atoms with Crippen LogP contribution in [-0.2, 0) is 10.0 Å². The highest BCUT2D eigenvalue weighted by atomic mass is 79.9. The van der Waals surface area contributed by atoms with Gasteiger partial charge in [-0.2, -0.15) is 4.31 Å². The summed E-state index contributed by atoms with van der Waals surface area (Å²) in [7, 11) is -3.83. The van der Waals surface area contributed by atoms with Gasteiger partial charge in [0.2, 0.25) is 10.0 Å². The molecule has 21 heavy (non-hydrogen) atoms. The minimum atomic E-state index is -3.83. The van der Waals surface area contributed by atoms with E-state index in [1.54, 1.807) is 0 Å². The minimum Gasteiger partial charge on any atom is -0.398 e. The Kier molecular flexibility index (Phi) is 3.98. The summed E-state index contributed by atoms with van der Waals surface area (Å²) in [5.41, 5.74) is 5.90. The Bertz CT molecular complexity index is 656. The summed E-state index contributed by atoms with van der Waals surface area (Å²) in [6.45, 7) is 2.21. The van der Waals surface area contributed by atoms with E-state index in [1.165, 1.54) is 23.2 Å². The van der Waals surface area contributed by atoms with Crippen LogP contribution < -0.4 is 5.73 Å². The highest BCUT2D eigenvalue weighted by molar-refractivity contribution is 9.10. The number of nitrogen functional groups attached to an aromatic ring is 1. The lowest BCUT2D eigenvalue weighted by molar-refractivity contribution is 0.180. The number of halogens is 2. The van der Waals surface area contributed by atoms with E-state index in [-0.39, 0.29) is 10.6 Å². The maximum Gasteiger partial charge on any atom is 0.246 e. The lowest BCUT2D eigenvalue weighted by atomic mass is 10.3. The number of sulfonamides is 1. The fourth-order valence-electron chi connectivity index (χ4n) is 2.63. The predicted octanol–water partition coefficient (Wildman–Crippen LogP) is 1.64. The minimum absolute atomic E-state index is 0.214. The first-order chi connectivity index (χ1) is 9.89. The van der Waals surface area contributed by atoms with Crippen LogP contribution in [-0.4, -0.2) is 49.8 Å². The quantitative estimate of drug-likeness (QED) is 0.813. The van der Waals surface area contributed by atoms with Crippen LogP contribution in [0.5, 0.6) is 0 Å². The zero-order valence-corrected chi connectivity index (χ0v) is 13.8. The van der Waals surface area contributed by atoms with Crippen molar-refractivity contribution in [1.29, 1.82) is 0 Å². The Morgan fingerprint density at radius 3 is 2.38 bits per heavy atom. The zero-order valence-electron chi connectivity index (χ0n) is 11.4. The van der Waals surface area contributed by atoms with Crippen molar-refractivity contribution in [2.75, 3.05) is 31.9 Å². The van der Waals surface area contributed by atoms with E-state index in [9.17, 15) is 12.8 Å². The van der Waals surface area contributed by atoms with E-state index in [0.29, 0.717) is 36.7 Å². The van der Waals surface area contributed by atoms with Crippen LogP contribution in [0.3, 0.4) is 0 Å². The molecule has 2 N–H and O–H groups in total. The van der Waals surface area contributed by atoms with Gasteiger partial charge in [-0.3, -0.25) is 4.90 Å². The Morgan fingerprint density at radius 2 is 1.81 bits per heavy atom. The monoisotopic (exact) mass is 377 g/mol. The third kappa shape index (κ3) is 2.94. The van der Waals surface area contributed by atoms with E-state index in [0.717, 1.165) is 6.07 Å². The van der Waals surface area contributed by atoms with Crippen LogP contribution in [0.2, 0.25) is 0 Å². The molecule has 116 valence electrons. The first-order valence-corrected chi connectivity index (χ1v) is 9.11. The van der Waals surface area contributed by atoms with Gasteiger partial charge in [0.1, 0.15) is 10.7 Å². The Hall–Kier alpha value is -0.700. The molecule has 2 fully saturated rings. The normalized spacial score (nSPS) is 21.6. The average molecular weight is 378 g/mol. The first kappa shape index (κ1) is 15.2. The summed E-state index contributed by atoms with van der Waals surface area (Å²) in [6, 6.07) is 2.90. The maximum absolute atomic E-state index is 14.0. The third-order valence-corrected chi connectivity index (χ3v) is 6.61. The summed E-state index contributed by atoms with van der Waals surface area (Å²) in [5, 5.41) is 0. The number of nitrogens with two attached hydrogens (primary N) is 1. The highest BCUT2D eigenvalue weighted by Gasteiger charge is 2.35. The number of piperazine rings is 1. The molecule has 0 unspecified atom stereocenters. The molecule has 1 heterocycles. The van der Waals surface area contributed by atoms with Gasteiger partial charge in [0, 0.05) is 42.4 Å². The van der Waals surface area contributed by atoms with Gasteiger partial charge in [0.05, 0.1) is 0 Å². The van der Waals surface area contributed by atoms with E-state index >= 15 is 0 Å². The van der Waals surface area contributed by atoms with Crippen LogP contribution in [0.4, 0.5) is 10.1 Å². The number of nitrogens with zero attached hydrogens (tertiary/aromatic N) is 2. The molecule has 0 spiro atoms. The summed E-state index contributed by atoms with van der Waals surface area (Å²) in [4.78, 5) is 1.96. The van der Waals surface area contributed by atoms with Crippen molar-refractivity contribution in [1.82, 2.24) is 9.21 Å². The largest absolute Gasteiger partial charge is 0.398 e. The van der Waals surface area contributed by atoms with Crippen LogP contribution in [0, 0.1) is 5.82 Å². The van der Waals surface area contributed by atoms with Gasteiger partial charge >= 0.3 is 0 Å². The molecule has 0 bridgehead atoms. The summed E-state index contributed by atoms with van der Waals surface area (Å²) >= 11 is 3.09. The molecular formula is C13H17BrFN3O2S. The molecule has 1 aliphatic carbocycles. The highest BCUT2D eigenvalue weighted by Crippen LogP contribution is 2.31. The summed E-state index contributed by atoms with van der Waals surface area (Å²) < 4.78 is 40.8. The predicted molar refractivity (Wildman–Crippen MR) is 81.9 cm³/mol. The topological polar surface area (TPSA) is 66.6 Å². The van der Waals surface area contributed by atoms with Gasteiger partial charge in [-0.1, -0.05) is 0 Å². The van der Waals surface area contributed by atoms with Crippen LogP contribution >= 0.6 is 15.9 Å². The van der Waals surface area contributed by atoms with Crippen molar-refractivity contribution in [2.45, 2.75) is 23.8 Å². The van der Waals surface area contributed by atoms with Gasteiger partial charge in [-0.15, -0.1) is 0 Å². The van der Waals surface area contributed by atoms with Crippen molar-refractivity contribution in [3.8, 4) is 0 Å². The number of hydrogen-bond acceptors (Lipinski definition) is 4. The molecule has 0 radical (unpaired) electrons. The second kappa shape index (κ2) is 5.49. The molecule has 1 aliphatic heterocycles. The Balaban J connectivity index is 1.82. The van der Waals surface area contributed by atoms with Crippen molar-refractivity contribution >= 4 is 31.6 Å².